The molecule has 3 aromatic rings. The Morgan fingerprint density at radius 3 is 2.67 bits per heavy atom. The van der Waals surface area contributed by atoms with Crippen LogP contribution in [0.15, 0.2) is 42.5 Å². The first kappa shape index (κ1) is 10.8. The number of nitrogens with one attached hydrogen (secondary N) is 1. The van der Waals surface area contributed by atoms with E-state index < -0.39 is 11.6 Å². The van der Waals surface area contributed by atoms with Crippen molar-refractivity contribution in [3.8, 4) is 5.75 Å². The molecule has 2 N–H and O–H groups in total. The van der Waals surface area contributed by atoms with E-state index in [1.54, 1.807) is 6.07 Å². The number of hydrogen-bond acceptors (Lipinski definition) is 2. The molecule has 0 fully saturated rings. The second kappa shape index (κ2) is 4.14. The number of benzene rings is 2. The summed E-state index contributed by atoms with van der Waals surface area (Å²) in [6, 6.07) is 12.6. The molecule has 0 aliphatic heterocycles. The molecule has 3 nitrogen and oxygen atoms in total. The summed E-state index contributed by atoms with van der Waals surface area (Å²) in [6.07, 6.45) is 0.622. The monoisotopic (exact) mass is 242 g/mol. The molecule has 2 aromatic carbocycles. The van der Waals surface area contributed by atoms with E-state index in [9.17, 15) is 9.50 Å². The van der Waals surface area contributed by atoms with Crippen LogP contribution in [0.5, 0.6) is 5.75 Å². The van der Waals surface area contributed by atoms with Crippen molar-refractivity contribution >= 4 is 11.0 Å². The van der Waals surface area contributed by atoms with E-state index in [0.717, 1.165) is 5.56 Å². The van der Waals surface area contributed by atoms with Crippen LogP contribution < -0.4 is 0 Å². The first-order valence-electron chi connectivity index (χ1n) is 5.64. The summed E-state index contributed by atoms with van der Waals surface area (Å²) in [5, 5.41) is 9.58. The molecule has 0 amide bonds. The number of aromatic hydroxyl groups is 1. The molecule has 0 saturated heterocycles. The average Bonchev–Trinajstić information content (AvgIpc) is 2.79. The highest BCUT2D eigenvalue weighted by Crippen LogP contribution is 2.26. The third-order valence-corrected chi connectivity index (χ3v) is 2.84. The maximum Gasteiger partial charge on any atom is 0.179 e. The number of imidazole rings is 1. The lowest BCUT2D eigenvalue weighted by molar-refractivity contribution is 0.438. The van der Waals surface area contributed by atoms with Gasteiger partial charge in [-0.05, 0) is 17.7 Å². The number of phenols is 1. The molecule has 1 aromatic heterocycles. The van der Waals surface area contributed by atoms with Crippen LogP contribution in [-0.4, -0.2) is 15.1 Å². The molecule has 3 rings (SSSR count). The number of halogens is 1. The Hall–Kier alpha value is -2.36. The number of aromatic nitrogens is 2. The van der Waals surface area contributed by atoms with Crippen LogP contribution in [0, 0.1) is 5.82 Å². The van der Waals surface area contributed by atoms with E-state index >= 15 is 0 Å². The molecule has 0 radical (unpaired) electrons. The minimum absolute atomic E-state index is 0.279. The van der Waals surface area contributed by atoms with Crippen LogP contribution in [0.25, 0.3) is 11.0 Å². The Labute approximate surface area is 103 Å². The smallest absolute Gasteiger partial charge is 0.179 e. The topological polar surface area (TPSA) is 48.9 Å². The summed E-state index contributed by atoms with van der Waals surface area (Å²) < 4.78 is 13.2. The number of phenolic OH excluding ortho intramolecular Hbond substituents is 1. The van der Waals surface area contributed by atoms with Crippen LogP contribution in [0.3, 0.4) is 0 Å². The van der Waals surface area contributed by atoms with Gasteiger partial charge in [-0.3, -0.25) is 0 Å². The highest BCUT2D eigenvalue weighted by molar-refractivity contribution is 5.81. The molecule has 18 heavy (non-hydrogen) atoms. The summed E-state index contributed by atoms with van der Waals surface area (Å²) in [6.45, 7) is 0. The minimum Gasteiger partial charge on any atom is -0.503 e. The Bertz CT molecular complexity index is 692. The lowest BCUT2D eigenvalue weighted by atomic mass is 10.1. The number of hydrogen-bond donors (Lipinski definition) is 2. The fraction of sp³-hybridized carbons (Fsp3) is 0.0714. The summed E-state index contributed by atoms with van der Waals surface area (Å²) in [5.74, 6) is -0.347. The molecular weight excluding hydrogens is 231 g/mol. The lowest BCUT2D eigenvalue weighted by Gasteiger charge is -1.96. The van der Waals surface area contributed by atoms with Crippen LogP contribution in [0.4, 0.5) is 4.39 Å². The van der Waals surface area contributed by atoms with Crippen molar-refractivity contribution in [2.24, 2.45) is 0 Å². The number of rotatable bonds is 2. The van der Waals surface area contributed by atoms with Gasteiger partial charge in [-0.2, -0.15) is 0 Å². The van der Waals surface area contributed by atoms with Crippen molar-refractivity contribution in [3.05, 3.63) is 59.7 Å². The van der Waals surface area contributed by atoms with Crippen LogP contribution >= 0.6 is 0 Å². The predicted octanol–water partition coefficient (Wildman–Crippen LogP) is 3.00. The third-order valence-electron chi connectivity index (χ3n) is 2.84. The Morgan fingerprint density at radius 1 is 1.11 bits per heavy atom. The molecule has 0 bridgehead atoms. The third kappa shape index (κ3) is 1.82. The summed E-state index contributed by atoms with van der Waals surface area (Å²) in [4.78, 5) is 7.30. The van der Waals surface area contributed by atoms with E-state index in [0.29, 0.717) is 17.8 Å². The summed E-state index contributed by atoms with van der Waals surface area (Å²) in [7, 11) is 0. The van der Waals surface area contributed by atoms with Gasteiger partial charge in [0, 0.05) is 6.42 Å². The van der Waals surface area contributed by atoms with Crippen LogP contribution in [-0.2, 0) is 6.42 Å². The van der Waals surface area contributed by atoms with Crippen molar-refractivity contribution in [2.45, 2.75) is 6.42 Å². The first-order valence-corrected chi connectivity index (χ1v) is 5.64. The Kier molecular flexibility index (Phi) is 2.48. The second-order valence-corrected chi connectivity index (χ2v) is 4.14. The highest BCUT2D eigenvalue weighted by atomic mass is 19.1. The predicted molar refractivity (Wildman–Crippen MR) is 67.0 cm³/mol. The molecule has 0 aliphatic carbocycles. The zero-order chi connectivity index (χ0) is 12.5. The summed E-state index contributed by atoms with van der Waals surface area (Å²) in [5.41, 5.74) is 2.03. The molecule has 0 spiro atoms. The molecule has 0 aliphatic rings. The van der Waals surface area contributed by atoms with E-state index in [2.05, 4.69) is 9.97 Å². The van der Waals surface area contributed by atoms with Crippen molar-refractivity contribution < 1.29 is 9.50 Å². The van der Waals surface area contributed by atoms with Crippen molar-refractivity contribution in [1.29, 1.82) is 0 Å². The second-order valence-electron chi connectivity index (χ2n) is 4.14. The quantitative estimate of drug-likeness (QED) is 0.725. The van der Waals surface area contributed by atoms with E-state index in [-0.39, 0.29) is 5.52 Å². The molecule has 0 atom stereocenters. The van der Waals surface area contributed by atoms with Gasteiger partial charge in [-0.25, -0.2) is 9.37 Å². The maximum absolute atomic E-state index is 13.2. The maximum atomic E-state index is 13.2. The first-order chi connectivity index (χ1) is 8.74. The zero-order valence-electron chi connectivity index (χ0n) is 9.52. The number of aromatic amines is 1. The van der Waals surface area contributed by atoms with E-state index in [4.69, 9.17) is 0 Å². The van der Waals surface area contributed by atoms with Gasteiger partial charge in [0.25, 0.3) is 0 Å². The largest absolute Gasteiger partial charge is 0.503 e. The fourth-order valence-corrected chi connectivity index (χ4v) is 1.96. The average molecular weight is 242 g/mol. The fourth-order valence-electron chi connectivity index (χ4n) is 1.96. The van der Waals surface area contributed by atoms with Crippen molar-refractivity contribution in [3.63, 3.8) is 0 Å². The SMILES string of the molecule is Oc1c(F)ccc2[nH]c(Cc3ccccc3)nc12. The Balaban J connectivity index is 2.02. The molecular formula is C14H11FN2O. The van der Waals surface area contributed by atoms with Gasteiger partial charge in [0.05, 0.1) is 5.52 Å². The Morgan fingerprint density at radius 2 is 1.89 bits per heavy atom. The zero-order valence-corrected chi connectivity index (χ0v) is 9.52. The van der Waals surface area contributed by atoms with Gasteiger partial charge < -0.3 is 10.1 Å². The standard InChI is InChI=1S/C14H11FN2O/c15-10-6-7-11-13(14(10)18)17-12(16-11)8-9-4-2-1-3-5-9/h1-7,18H,8H2,(H,16,17). The van der Waals surface area contributed by atoms with Gasteiger partial charge in [0.15, 0.2) is 11.6 Å². The lowest BCUT2D eigenvalue weighted by Crippen LogP contribution is -1.89. The molecule has 0 unspecified atom stereocenters. The van der Waals surface area contributed by atoms with Gasteiger partial charge in [0.2, 0.25) is 0 Å². The van der Waals surface area contributed by atoms with Gasteiger partial charge >= 0.3 is 0 Å². The minimum atomic E-state index is -0.653. The molecule has 0 saturated carbocycles. The van der Waals surface area contributed by atoms with E-state index in [1.807, 2.05) is 30.3 Å². The van der Waals surface area contributed by atoms with Crippen molar-refractivity contribution in [2.75, 3.05) is 0 Å². The highest BCUT2D eigenvalue weighted by Gasteiger charge is 2.11. The summed E-state index contributed by atoms with van der Waals surface area (Å²) >= 11 is 0. The number of fused-ring (bicyclic) bond motifs is 1. The van der Waals surface area contributed by atoms with Gasteiger partial charge in [-0.15, -0.1) is 0 Å². The molecule has 90 valence electrons. The van der Waals surface area contributed by atoms with Crippen molar-refractivity contribution in [1.82, 2.24) is 9.97 Å². The molecule has 4 heteroatoms. The van der Waals surface area contributed by atoms with Crippen LogP contribution in [0.1, 0.15) is 11.4 Å². The van der Waals surface area contributed by atoms with Crippen LogP contribution in [0.2, 0.25) is 0 Å². The number of nitrogens with zero attached hydrogens (tertiary/aromatic N) is 1. The molecule has 1 heterocycles. The van der Waals surface area contributed by atoms with Gasteiger partial charge in [0.1, 0.15) is 11.3 Å². The normalized spacial score (nSPS) is 10.9. The van der Waals surface area contributed by atoms with E-state index in [1.165, 1.54) is 6.07 Å². The van der Waals surface area contributed by atoms with Gasteiger partial charge in [-0.1, -0.05) is 30.3 Å². The number of H-pyrrole nitrogens is 1.